The van der Waals surface area contributed by atoms with Crippen LogP contribution in [0.5, 0.6) is 0 Å². The third-order valence-corrected chi connectivity index (χ3v) is 5.09. The van der Waals surface area contributed by atoms with Crippen molar-refractivity contribution in [2.24, 2.45) is 17.6 Å². The molecule has 0 bridgehead atoms. The van der Waals surface area contributed by atoms with E-state index in [0.717, 1.165) is 37.2 Å². The number of carbonyl (C=O) groups excluding carboxylic acids is 2. The van der Waals surface area contributed by atoms with E-state index in [1.165, 1.54) is 25.7 Å². The Labute approximate surface area is 127 Å². The molecule has 0 aromatic heterocycles. The van der Waals surface area contributed by atoms with Crippen LogP contribution in [0.4, 0.5) is 4.79 Å². The molecule has 1 unspecified atom stereocenters. The largest absolute Gasteiger partial charge is 0.349 e. The van der Waals surface area contributed by atoms with Crippen LogP contribution >= 0.6 is 0 Å². The van der Waals surface area contributed by atoms with Crippen molar-refractivity contribution in [1.29, 1.82) is 0 Å². The molecule has 0 aromatic carbocycles. The summed E-state index contributed by atoms with van der Waals surface area (Å²) in [6, 6.07) is -0.679. The van der Waals surface area contributed by atoms with Crippen LogP contribution in [0.1, 0.15) is 71.1 Å². The summed E-state index contributed by atoms with van der Waals surface area (Å²) in [6.07, 6.45) is 10.2. The zero-order valence-electron chi connectivity index (χ0n) is 13.1. The van der Waals surface area contributed by atoms with Gasteiger partial charge in [-0.3, -0.25) is 0 Å². The van der Waals surface area contributed by atoms with Crippen molar-refractivity contribution in [3.63, 3.8) is 0 Å². The SMILES string of the molecule is CCC(CC(=O)ON(C(N)=O)C1CCCC1)C1CCCC1. The standard InChI is InChI=1S/C16H28N2O3/c1-2-12(13-7-3-4-8-13)11-15(19)21-18(16(17)20)14-9-5-6-10-14/h12-14H,2-11H2,1H3,(H2,17,20). The predicted octanol–water partition coefficient (Wildman–Crippen LogP) is 3.37. The zero-order valence-corrected chi connectivity index (χ0v) is 13.1. The molecule has 1 atom stereocenters. The second kappa shape index (κ2) is 7.66. The Morgan fingerprint density at radius 1 is 1.14 bits per heavy atom. The first-order valence-electron chi connectivity index (χ1n) is 8.41. The molecule has 21 heavy (non-hydrogen) atoms. The second-order valence-electron chi connectivity index (χ2n) is 6.48. The maximum absolute atomic E-state index is 12.2. The van der Waals surface area contributed by atoms with Crippen molar-refractivity contribution in [2.75, 3.05) is 0 Å². The molecule has 0 aromatic rings. The molecule has 0 radical (unpaired) electrons. The number of carbonyl (C=O) groups is 2. The summed E-state index contributed by atoms with van der Waals surface area (Å²) in [6.45, 7) is 2.12. The van der Waals surface area contributed by atoms with Gasteiger partial charge in [-0.15, -0.1) is 0 Å². The lowest BCUT2D eigenvalue weighted by molar-refractivity contribution is -0.185. The highest BCUT2D eigenvalue weighted by Gasteiger charge is 2.31. The van der Waals surface area contributed by atoms with Crippen LogP contribution in [0.15, 0.2) is 0 Å². The molecule has 2 rings (SSSR count). The van der Waals surface area contributed by atoms with Gasteiger partial charge in [-0.2, -0.15) is 5.06 Å². The van der Waals surface area contributed by atoms with Gasteiger partial charge >= 0.3 is 12.0 Å². The predicted molar refractivity (Wildman–Crippen MR) is 80.1 cm³/mol. The van der Waals surface area contributed by atoms with Gasteiger partial charge in [-0.05, 0) is 24.7 Å². The number of hydroxylamine groups is 2. The summed E-state index contributed by atoms with van der Waals surface area (Å²) in [5.74, 6) is 0.703. The van der Waals surface area contributed by atoms with Crippen LogP contribution in [-0.4, -0.2) is 23.1 Å². The molecular formula is C16H28N2O3. The first-order valence-corrected chi connectivity index (χ1v) is 8.41. The normalized spacial score (nSPS) is 21.4. The average Bonchev–Trinajstić information content (AvgIpc) is 3.14. The highest BCUT2D eigenvalue weighted by atomic mass is 16.7. The van der Waals surface area contributed by atoms with Crippen molar-refractivity contribution in [3.05, 3.63) is 0 Å². The lowest BCUT2D eigenvalue weighted by Gasteiger charge is -2.27. The van der Waals surface area contributed by atoms with Gasteiger partial charge in [-0.25, -0.2) is 9.59 Å². The van der Waals surface area contributed by atoms with Gasteiger partial charge in [0.1, 0.15) is 0 Å². The molecule has 2 N–H and O–H groups in total. The lowest BCUT2D eigenvalue weighted by Crippen LogP contribution is -2.44. The first kappa shape index (κ1) is 16.1. The van der Waals surface area contributed by atoms with Crippen LogP contribution in [-0.2, 0) is 9.63 Å². The summed E-state index contributed by atoms with van der Waals surface area (Å²) in [5, 5.41) is 1.12. The Morgan fingerprint density at radius 2 is 1.71 bits per heavy atom. The van der Waals surface area contributed by atoms with Crippen molar-refractivity contribution in [1.82, 2.24) is 5.06 Å². The van der Waals surface area contributed by atoms with E-state index >= 15 is 0 Å². The molecule has 0 spiro atoms. The van der Waals surface area contributed by atoms with Gasteiger partial charge in [0.15, 0.2) is 0 Å². The van der Waals surface area contributed by atoms with Crippen molar-refractivity contribution < 1.29 is 14.4 Å². The summed E-state index contributed by atoms with van der Waals surface area (Å²) in [5.41, 5.74) is 5.36. The number of urea groups is 1. The molecule has 120 valence electrons. The number of hydrogen-bond donors (Lipinski definition) is 1. The number of amides is 2. The molecule has 2 aliphatic rings. The van der Waals surface area contributed by atoms with Crippen LogP contribution < -0.4 is 5.73 Å². The molecular weight excluding hydrogens is 268 g/mol. The first-order chi connectivity index (χ1) is 10.1. The van der Waals surface area contributed by atoms with E-state index in [1.807, 2.05) is 0 Å². The number of nitrogens with two attached hydrogens (primary N) is 1. The van der Waals surface area contributed by atoms with Gasteiger partial charge in [0.2, 0.25) is 0 Å². The van der Waals surface area contributed by atoms with Crippen LogP contribution in [0.3, 0.4) is 0 Å². The number of hydrogen-bond acceptors (Lipinski definition) is 3. The summed E-state index contributed by atoms with van der Waals surface area (Å²) in [7, 11) is 0. The molecule has 2 saturated carbocycles. The number of nitrogens with zero attached hydrogens (tertiary/aromatic N) is 1. The van der Waals surface area contributed by atoms with E-state index in [4.69, 9.17) is 10.6 Å². The molecule has 5 nitrogen and oxygen atoms in total. The van der Waals surface area contributed by atoms with E-state index in [2.05, 4.69) is 6.92 Å². The van der Waals surface area contributed by atoms with Crippen LogP contribution in [0.25, 0.3) is 0 Å². The summed E-state index contributed by atoms with van der Waals surface area (Å²) in [4.78, 5) is 29.0. The number of rotatable bonds is 5. The van der Waals surface area contributed by atoms with Crippen LogP contribution in [0.2, 0.25) is 0 Å². The molecule has 2 aliphatic carbocycles. The molecule has 0 saturated heterocycles. The Bertz CT molecular complexity index is 361. The molecule has 5 heteroatoms. The highest BCUT2D eigenvalue weighted by Crippen LogP contribution is 2.35. The van der Waals surface area contributed by atoms with Crippen molar-refractivity contribution in [2.45, 2.75) is 77.2 Å². The highest BCUT2D eigenvalue weighted by molar-refractivity contribution is 5.75. The third kappa shape index (κ3) is 4.35. The maximum atomic E-state index is 12.2. The molecule has 2 amide bonds. The topological polar surface area (TPSA) is 72.6 Å². The lowest BCUT2D eigenvalue weighted by atomic mass is 9.86. The maximum Gasteiger partial charge on any atom is 0.348 e. The average molecular weight is 296 g/mol. The summed E-state index contributed by atoms with van der Waals surface area (Å²) >= 11 is 0. The Kier molecular flexibility index (Phi) is 5.88. The van der Waals surface area contributed by atoms with E-state index in [9.17, 15) is 9.59 Å². The van der Waals surface area contributed by atoms with Gasteiger partial charge in [0, 0.05) is 0 Å². The zero-order chi connectivity index (χ0) is 15.2. The minimum Gasteiger partial charge on any atom is -0.349 e. The fourth-order valence-corrected chi connectivity index (χ4v) is 3.87. The minimum absolute atomic E-state index is 0.0296. The summed E-state index contributed by atoms with van der Waals surface area (Å²) < 4.78 is 0. The van der Waals surface area contributed by atoms with E-state index in [0.29, 0.717) is 18.3 Å². The Morgan fingerprint density at radius 3 is 2.24 bits per heavy atom. The minimum atomic E-state index is -0.649. The van der Waals surface area contributed by atoms with Gasteiger partial charge in [-0.1, -0.05) is 51.9 Å². The van der Waals surface area contributed by atoms with E-state index in [-0.39, 0.29) is 12.0 Å². The molecule has 2 fully saturated rings. The fourth-order valence-electron chi connectivity index (χ4n) is 3.87. The fraction of sp³-hybridized carbons (Fsp3) is 0.875. The number of primary amides is 1. The van der Waals surface area contributed by atoms with E-state index in [1.54, 1.807) is 0 Å². The van der Waals surface area contributed by atoms with Crippen molar-refractivity contribution >= 4 is 12.0 Å². The quantitative estimate of drug-likeness (QED) is 0.790. The van der Waals surface area contributed by atoms with Gasteiger partial charge < -0.3 is 10.6 Å². The van der Waals surface area contributed by atoms with Crippen LogP contribution in [0, 0.1) is 11.8 Å². The van der Waals surface area contributed by atoms with E-state index < -0.39 is 6.03 Å². The van der Waals surface area contributed by atoms with Gasteiger partial charge in [0.25, 0.3) is 0 Å². The molecule has 0 aliphatic heterocycles. The Hall–Kier alpha value is -1.26. The second-order valence-corrected chi connectivity index (χ2v) is 6.48. The monoisotopic (exact) mass is 296 g/mol. The van der Waals surface area contributed by atoms with Gasteiger partial charge in [0.05, 0.1) is 12.5 Å². The Balaban J connectivity index is 1.87. The third-order valence-electron chi connectivity index (χ3n) is 5.09. The molecule has 0 heterocycles. The smallest absolute Gasteiger partial charge is 0.348 e. The van der Waals surface area contributed by atoms with Crippen molar-refractivity contribution in [3.8, 4) is 0 Å².